The molecule has 0 aliphatic rings. The normalized spacial score (nSPS) is 11.6. The molecule has 0 aliphatic carbocycles. The van der Waals surface area contributed by atoms with Crippen molar-refractivity contribution in [3.8, 4) is 21.7 Å². The summed E-state index contributed by atoms with van der Waals surface area (Å²) in [6.07, 6.45) is -2.83. The van der Waals surface area contributed by atoms with E-state index in [0.29, 0.717) is 16.8 Å². The molecule has 0 spiro atoms. The maximum absolute atomic E-state index is 12.6. The third-order valence-electron chi connectivity index (χ3n) is 3.09. The van der Waals surface area contributed by atoms with E-state index in [-0.39, 0.29) is 5.95 Å². The second-order valence-electron chi connectivity index (χ2n) is 4.54. The summed E-state index contributed by atoms with van der Waals surface area (Å²) in [7, 11) is 0. The zero-order chi connectivity index (χ0) is 15.7. The molecule has 1 aromatic carbocycles. The number of aromatic nitrogens is 2. The first kappa shape index (κ1) is 14.5. The number of nitrogens with two attached hydrogens (primary N) is 1. The van der Waals surface area contributed by atoms with Gasteiger partial charge in [0.15, 0.2) is 0 Å². The first-order chi connectivity index (χ1) is 10.4. The number of nitrogens with zero attached hydrogens (tertiary/aromatic N) is 2. The molecule has 2 heterocycles. The zero-order valence-electron chi connectivity index (χ0n) is 11.1. The fraction of sp³-hybridized carbons (Fsp3) is 0.0667. The summed E-state index contributed by atoms with van der Waals surface area (Å²) in [5.74, 6) is 0.124. The third-order valence-corrected chi connectivity index (χ3v) is 3.96. The summed E-state index contributed by atoms with van der Waals surface area (Å²) in [5, 5.41) is 1.89. The molecular formula is C15H10F3N3S. The molecule has 2 aromatic heterocycles. The molecule has 0 unspecified atom stereocenters. The van der Waals surface area contributed by atoms with Crippen LogP contribution in [0.15, 0.2) is 48.0 Å². The van der Waals surface area contributed by atoms with E-state index in [0.717, 1.165) is 17.0 Å². The molecule has 0 saturated carbocycles. The van der Waals surface area contributed by atoms with Crippen molar-refractivity contribution in [3.05, 3.63) is 53.5 Å². The molecule has 0 bridgehead atoms. The fourth-order valence-corrected chi connectivity index (χ4v) is 2.77. The van der Waals surface area contributed by atoms with Gasteiger partial charge in [0.2, 0.25) is 5.95 Å². The highest BCUT2D eigenvalue weighted by atomic mass is 32.1. The smallest absolute Gasteiger partial charge is 0.368 e. The standard InChI is InChI=1S/C15H10F3N3S/c16-15(17,18)10-5-3-9(4-6-10)11-8-20-14(19)21-13(11)12-2-1-7-22-12/h1-8H,(H2,19,20,21). The zero-order valence-corrected chi connectivity index (χ0v) is 11.9. The molecule has 7 heteroatoms. The average Bonchev–Trinajstić information content (AvgIpc) is 3.00. The Morgan fingerprint density at radius 2 is 1.77 bits per heavy atom. The molecule has 22 heavy (non-hydrogen) atoms. The van der Waals surface area contributed by atoms with Gasteiger partial charge in [-0.1, -0.05) is 18.2 Å². The van der Waals surface area contributed by atoms with Gasteiger partial charge in [0.1, 0.15) is 0 Å². The number of halogens is 3. The van der Waals surface area contributed by atoms with Crippen LogP contribution >= 0.6 is 11.3 Å². The van der Waals surface area contributed by atoms with Gasteiger partial charge in [-0.15, -0.1) is 11.3 Å². The van der Waals surface area contributed by atoms with E-state index < -0.39 is 11.7 Å². The van der Waals surface area contributed by atoms with E-state index in [4.69, 9.17) is 5.73 Å². The number of anilines is 1. The largest absolute Gasteiger partial charge is 0.416 e. The quantitative estimate of drug-likeness (QED) is 0.757. The van der Waals surface area contributed by atoms with Crippen molar-refractivity contribution < 1.29 is 13.2 Å². The number of hydrogen-bond acceptors (Lipinski definition) is 4. The third kappa shape index (κ3) is 2.80. The first-order valence-corrected chi connectivity index (χ1v) is 7.17. The summed E-state index contributed by atoms with van der Waals surface area (Å²) in [4.78, 5) is 9.04. The molecule has 3 aromatic rings. The Morgan fingerprint density at radius 3 is 2.36 bits per heavy atom. The Bertz CT molecular complexity index is 781. The van der Waals surface area contributed by atoms with Crippen LogP contribution in [0.5, 0.6) is 0 Å². The number of rotatable bonds is 2. The van der Waals surface area contributed by atoms with Crippen LogP contribution in [-0.2, 0) is 6.18 Å². The van der Waals surface area contributed by atoms with Gasteiger partial charge in [-0.2, -0.15) is 13.2 Å². The highest BCUT2D eigenvalue weighted by Crippen LogP contribution is 2.35. The molecule has 2 N–H and O–H groups in total. The van der Waals surface area contributed by atoms with Gasteiger partial charge in [-0.25, -0.2) is 9.97 Å². The first-order valence-electron chi connectivity index (χ1n) is 6.29. The summed E-state index contributed by atoms with van der Waals surface area (Å²) in [6.45, 7) is 0. The van der Waals surface area contributed by atoms with Gasteiger partial charge < -0.3 is 5.73 Å². The summed E-state index contributed by atoms with van der Waals surface area (Å²) in [6, 6.07) is 8.66. The Hall–Kier alpha value is -2.41. The fourth-order valence-electron chi connectivity index (χ4n) is 2.05. The molecule has 0 radical (unpaired) electrons. The van der Waals surface area contributed by atoms with Gasteiger partial charge in [0.05, 0.1) is 16.1 Å². The van der Waals surface area contributed by atoms with Gasteiger partial charge >= 0.3 is 6.18 Å². The monoisotopic (exact) mass is 321 g/mol. The van der Waals surface area contributed by atoms with Gasteiger partial charge in [0.25, 0.3) is 0 Å². The lowest BCUT2D eigenvalue weighted by Gasteiger charge is -2.10. The lowest BCUT2D eigenvalue weighted by atomic mass is 10.0. The second-order valence-corrected chi connectivity index (χ2v) is 5.49. The molecule has 0 amide bonds. The lowest BCUT2D eigenvalue weighted by molar-refractivity contribution is -0.137. The molecule has 0 fully saturated rings. The van der Waals surface area contributed by atoms with Crippen molar-refractivity contribution in [2.75, 3.05) is 5.73 Å². The summed E-state index contributed by atoms with van der Waals surface area (Å²) < 4.78 is 37.9. The Labute approximate surface area is 128 Å². The van der Waals surface area contributed by atoms with Crippen LogP contribution in [0.4, 0.5) is 19.1 Å². The van der Waals surface area contributed by atoms with Crippen molar-refractivity contribution in [1.82, 2.24) is 9.97 Å². The van der Waals surface area contributed by atoms with Crippen molar-refractivity contribution in [2.45, 2.75) is 6.18 Å². The number of alkyl halides is 3. The van der Waals surface area contributed by atoms with E-state index in [1.54, 1.807) is 0 Å². The Kier molecular flexibility index (Phi) is 3.58. The maximum atomic E-state index is 12.6. The van der Waals surface area contributed by atoms with Crippen LogP contribution in [0.2, 0.25) is 0 Å². The summed E-state index contributed by atoms with van der Waals surface area (Å²) >= 11 is 1.48. The van der Waals surface area contributed by atoms with Crippen molar-refractivity contribution in [2.24, 2.45) is 0 Å². The topological polar surface area (TPSA) is 51.8 Å². The number of hydrogen-bond donors (Lipinski definition) is 1. The Morgan fingerprint density at radius 1 is 1.05 bits per heavy atom. The molecule has 112 valence electrons. The van der Waals surface area contributed by atoms with Crippen LogP contribution in [0.3, 0.4) is 0 Å². The minimum absolute atomic E-state index is 0.124. The van der Waals surface area contributed by atoms with Crippen LogP contribution in [0, 0.1) is 0 Å². The van der Waals surface area contributed by atoms with Crippen molar-refractivity contribution >= 4 is 17.3 Å². The van der Waals surface area contributed by atoms with Crippen molar-refractivity contribution in [3.63, 3.8) is 0 Å². The van der Waals surface area contributed by atoms with E-state index in [1.165, 1.54) is 29.7 Å². The van der Waals surface area contributed by atoms with Crippen LogP contribution in [0.25, 0.3) is 21.7 Å². The van der Waals surface area contributed by atoms with E-state index in [2.05, 4.69) is 9.97 Å². The molecule has 0 aliphatic heterocycles. The van der Waals surface area contributed by atoms with Gasteiger partial charge in [0, 0.05) is 11.8 Å². The van der Waals surface area contributed by atoms with Gasteiger partial charge in [-0.3, -0.25) is 0 Å². The SMILES string of the molecule is Nc1ncc(-c2ccc(C(F)(F)F)cc2)c(-c2cccs2)n1. The number of thiophene rings is 1. The van der Waals surface area contributed by atoms with Crippen LogP contribution in [0.1, 0.15) is 5.56 Å². The van der Waals surface area contributed by atoms with Crippen LogP contribution < -0.4 is 5.73 Å². The maximum Gasteiger partial charge on any atom is 0.416 e. The summed E-state index contributed by atoms with van der Waals surface area (Å²) in [5.41, 5.74) is 6.80. The number of benzene rings is 1. The molecule has 3 nitrogen and oxygen atoms in total. The molecular weight excluding hydrogens is 311 g/mol. The second kappa shape index (κ2) is 5.42. The molecule has 0 saturated heterocycles. The van der Waals surface area contributed by atoms with Crippen molar-refractivity contribution in [1.29, 1.82) is 0 Å². The minimum atomic E-state index is -4.35. The Balaban J connectivity index is 2.09. The predicted octanol–water partition coefficient (Wildman–Crippen LogP) is 4.47. The van der Waals surface area contributed by atoms with E-state index >= 15 is 0 Å². The lowest BCUT2D eigenvalue weighted by Crippen LogP contribution is -2.04. The van der Waals surface area contributed by atoms with Crippen LogP contribution in [-0.4, -0.2) is 9.97 Å². The van der Waals surface area contributed by atoms with E-state index in [9.17, 15) is 13.2 Å². The molecule has 3 rings (SSSR count). The predicted molar refractivity (Wildman–Crippen MR) is 80.2 cm³/mol. The average molecular weight is 321 g/mol. The highest BCUT2D eigenvalue weighted by Gasteiger charge is 2.30. The minimum Gasteiger partial charge on any atom is -0.368 e. The van der Waals surface area contributed by atoms with Gasteiger partial charge in [-0.05, 0) is 29.1 Å². The number of nitrogen functional groups attached to an aromatic ring is 1. The van der Waals surface area contributed by atoms with E-state index in [1.807, 2.05) is 17.5 Å². The molecule has 0 atom stereocenters. The highest BCUT2D eigenvalue weighted by molar-refractivity contribution is 7.13.